The SMILES string of the molecule is CCCC(C(=O)c1ccccc1)N(CC)C(=O)C(F)(F)F. The lowest BCUT2D eigenvalue weighted by molar-refractivity contribution is -0.186. The summed E-state index contributed by atoms with van der Waals surface area (Å²) in [6.45, 7) is 3.03. The molecule has 0 saturated heterocycles. The molecule has 21 heavy (non-hydrogen) atoms. The largest absolute Gasteiger partial charge is 0.471 e. The van der Waals surface area contributed by atoms with E-state index in [4.69, 9.17) is 0 Å². The van der Waals surface area contributed by atoms with E-state index in [1.807, 2.05) is 0 Å². The van der Waals surface area contributed by atoms with Gasteiger partial charge in [-0.3, -0.25) is 9.59 Å². The number of alkyl halides is 3. The van der Waals surface area contributed by atoms with Crippen molar-refractivity contribution in [2.45, 2.75) is 38.9 Å². The summed E-state index contributed by atoms with van der Waals surface area (Å²) in [4.78, 5) is 24.5. The Morgan fingerprint density at radius 1 is 1.14 bits per heavy atom. The first-order chi connectivity index (χ1) is 9.82. The number of amides is 1. The molecule has 6 heteroatoms. The number of likely N-dealkylation sites (N-methyl/N-ethyl adjacent to an activating group) is 1. The predicted molar refractivity (Wildman–Crippen MR) is 72.9 cm³/mol. The summed E-state index contributed by atoms with van der Waals surface area (Å²) in [5, 5.41) is 0. The summed E-state index contributed by atoms with van der Waals surface area (Å²) < 4.78 is 38.0. The number of hydrogen-bond acceptors (Lipinski definition) is 2. The molecule has 0 radical (unpaired) electrons. The molecular formula is C15H18F3NO2. The maximum atomic E-state index is 12.7. The molecule has 0 aliphatic carbocycles. The Morgan fingerprint density at radius 2 is 1.71 bits per heavy atom. The Hall–Kier alpha value is -1.85. The van der Waals surface area contributed by atoms with Crippen molar-refractivity contribution in [3.63, 3.8) is 0 Å². The molecule has 0 heterocycles. The number of carbonyl (C=O) groups is 2. The average molecular weight is 301 g/mol. The van der Waals surface area contributed by atoms with Crippen LogP contribution in [0.25, 0.3) is 0 Å². The van der Waals surface area contributed by atoms with Crippen LogP contribution in [0, 0.1) is 0 Å². The van der Waals surface area contributed by atoms with E-state index in [0.29, 0.717) is 16.9 Å². The predicted octanol–water partition coefficient (Wildman–Crippen LogP) is 3.45. The first-order valence-electron chi connectivity index (χ1n) is 6.80. The highest BCUT2D eigenvalue weighted by molar-refractivity contribution is 6.02. The van der Waals surface area contributed by atoms with Gasteiger partial charge in [0.05, 0.1) is 6.04 Å². The van der Waals surface area contributed by atoms with E-state index < -0.39 is 23.9 Å². The topological polar surface area (TPSA) is 37.4 Å². The second-order valence-corrected chi connectivity index (χ2v) is 4.62. The smallest absolute Gasteiger partial charge is 0.325 e. The Kier molecular flexibility index (Phi) is 5.93. The standard InChI is InChI=1S/C15H18F3NO2/c1-3-8-12(13(20)11-9-6-5-7-10-11)19(4-2)14(21)15(16,17)18/h5-7,9-10,12H,3-4,8H2,1-2H3. The number of halogens is 3. The van der Waals surface area contributed by atoms with Crippen molar-refractivity contribution < 1.29 is 22.8 Å². The van der Waals surface area contributed by atoms with Crippen LogP contribution in [0.2, 0.25) is 0 Å². The van der Waals surface area contributed by atoms with Crippen molar-refractivity contribution in [1.29, 1.82) is 0 Å². The third-order valence-corrected chi connectivity index (χ3v) is 3.14. The van der Waals surface area contributed by atoms with E-state index in [2.05, 4.69) is 0 Å². The van der Waals surface area contributed by atoms with Gasteiger partial charge in [-0.2, -0.15) is 13.2 Å². The number of ketones is 1. The molecule has 1 aromatic carbocycles. The van der Waals surface area contributed by atoms with Crippen LogP contribution in [0.5, 0.6) is 0 Å². The number of rotatable bonds is 6. The van der Waals surface area contributed by atoms with E-state index >= 15 is 0 Å². The van der Waals surface area contributed by atoms with Crippen molar-refractivity contribution >= 4 is 11.7 Å². The number of Topliss-reactive ketones (excluding diaryl/α,β-unsaturated/α-hetero) is 1. The Balaban J connectivity index is 3.09. The molecule has 1 atom stereocenters. The van der Waals surface area contributed by atoms with Crippen LogP contribution >= 0.6 is 0 Å². The minimum absolute atomic E-state index is 0.165. The Labute approximate surface area is 121 Å². The first kappa shape index (κ1) is 17.2. The quantitative estimate of drug-likeness (QED) is 0.755. The normalized spacial score (nSPS) is 12.8. The summed E-state index contributed by atoms with van der Waals surface area (Å²) >= 11 is 0. The number of nitrogens with zero attached hydrogens (tertiary/aromatic N) is 1. The van der Waals surface area contributed by atoms with Gasteiger partial charge >= 0.3 is 12.1 Å². The zero-order valence-corrected chi connectivity index (χ0v) is 12.0. The van der Waals surface area contributed by atoms with Gasteiger partial charge in [-0.25, -0.2) is 0 Å². The molecule has 0 bridgehead atoms. The molecule has 116 valence electrons. The summed E-state index contributed by atoms with van der Waals surface area (Å²) in [6, 6.07) is 6.98. The fourth-order valence-corrected chi connectivity index (χ4v) is 2.17. The zero-order valence-electron chi connectivity index (χ0n) is 12.0. The molecule has 0 spiro atoms. The molecule has 1 rings (SSSR count). The molecule has 1 unspecified atom stereocenters. The fraction of sp³-hybridized carbons (Fsp3) is 0.467. The molecular weight excluding hydrogens is 283 g/mol. The molecule has 1 amide bonds. The van der Waals surface area contributed by atoms with Gasteiger partial charge in [0.2, 0.25) is 0 Å². The molecule has 0 saturated carbocycles. The molecule has 0 aliphatic heterocycles. The van der Waals surface area contributed by atoms with E-state index in [0.717, 1.165) is 0 Å². The van der Waals surface area contributed by atoms with Crippen LogP contribution in [0.1, 0.15) is 37.0 Å². The van der Waals surface area contributed by atoms with Crippen molar-refractivity contribution in [3.05, 3.63) is 35.9 Å². The lowest BCUT2D eigenvalue weighted by Gasteiger charge is -2.30. The lowest BCUT2D eigenvalue weighted by Crippen LogP contribution is -2.50. The van der Waals surface area contributed by atoms with Gasteiger partial charge in [-0.1, -0.05) is 43.7 Å². The molecule has 0 aromatic heterocycles. The highest BCUT2D eigenvalue weighted by Crippen LogP contribution is 2.23. The van der Waals surface area contributed by atoms with Gasteiger partial charge in [0.25, 0.3) is 0 Å². The highest BCUT2D eigenvalue weighted by Gasteiger charge is 2.45. The summed E-state index contributed by atoms with van der Waals surface area (Å²) in [5.74, 6) is -2.43. The molecule has 1 aromatic rings. The van der Waals surface area contributed by atoms with E-state index in [1.165, 1.54) is 19.1 Å². The fourth-order valence-electron chi connectivity index (χ4n) is 2.17. The molecule has 0 N–H and O–H groups in total. The van der Waals surface area contributed by atoms with Crippen LogP contribution in [-0.2, 0) is 4.79 Å². The van der Waals surface area contributed by atoms with E-state index in [-0.39, 0.29) is 13.0 Å². The Morgan fingerprint density at radius 3 is 2.14 bits per heavy atom. The van der Waals surface area contributed by atoms with Gasteiger partial charge in [0, 0.05) is 12.1 Å². The van der Waals surface area contributed by atoms with Crippen LogP contribution in [0.4, 0.5) is 13.2 Å². The first-order valence-corrected chi connectivity index (χ1v) is 6.80. The minimum atomic E-state index is -4.97. The third kappa shape index (κ3) is 4.31. The van der Waals surface area contributed by atoms with E-state index in [9.17, 15) is 22.8 Å². The maximum absolute atomic E-state index is 12.7. The molecule has 0 aliphatic rings. The monoisotopic (exact) mass is 301 g/mol. The van der Waals surface area contributed by atoms with Crippen LogP contribution in [-0.4, -0.2) is 35.4 Å². The third-order valence-electron chi connectivity index (χ3n) is 3.14. The second kappa shape index (κ2) is 7.24. The van der Waals surface area contributed by atoms with Crippen molar-refractivity contribution in [2.75, 3.05) is 6.54 Å². The Bertz CT molecular complexity index is 485. The minimum Gasteiger partial charge on any atom is -0.325 e. The zero-order chi connectivity index (χ0) is 16.0. The van der Waals surface area contributed by atoms with Crippen molar-refractivity contribution in [1.82, 2.24) is 4.90 Å². The highest BCUT2D eigenvalue weighted by atomic mass is 19.4. The lowest BCUT2D eigenvalue weighted by atomic mass is 9.98. The van der Waals surface area contributed by atoms with Gasteiger partial charge < -0.3 is 4.90 Å². The molecule has 0 fully saturated rings. The van der Waals surface area contributed by atoms with Crippen LogP contribution in [0.15, 0.2) is 30.3 Å². The maximum Gasteiger partial charge on any atom is 0.471 e. The van der Waals surface area contributed by atoms with Crippen molar-refractivity contribution in [3.8, 4) is 0 Å². The number of hydrogen-bond donors (Lipinski definition) is 0. The summed E-state index contributed by atoms with van der Waals surface area (Å²) in [6.07, 6.45) is -4.27. The van der Waals surface area contributed by atoms with Gasteiger partial charge in [0.1, 0.15) is 0 Å². The van der Waals surface area contributed by atoms with Crippen LogP contribution in [0.3, 0.4) is 0 Å². The van der Waals surface area contributed by atoms with Gasteiger partial charge in [-0.05, 0) is 13.3 Å². The van der Waals surface area contributed by atoms with Gasteiger partial charge in [-0.15, -0.1) is 0 Å². The molecule has 3 nitrogen and oxygen atoms in total. The average Bonchev–Trinajstić information content (AvgIpc) is 2.46. The second-order valence-electron chi connectivity index (χ2n) is 4.62. The van der Waals surface area contributed by atoms with Gasteiger partial charge in [0.15, 0.2) is 5.78 Å². The summed E-state index contributed by atoms with van der Waals surface area (Å²) in [7, 11) is 0. The van der Waals surface area contributed by atoms with Crippen molar-refractivity contribution in [2.24, 2.45) is 0 Å². The van der Waals surface area contributed by atoms with Crippen LogP contribution < -0.4 is 0 Å². The number of benzene rings is 1. The number of carbonyl (C=O) groups excluding carboxylic acids is 2. The van der Waals surface area contributed by atoms with E-state index in [1.54, 1.807) is 25.1 Å². The summed E-state index contributed by atoms with van der Waals surface area (Å²) in [5.41, 5.74) is 0.310.